The minimum atomic E-state index is -0.334. The zero-order valence-corrected chi connectivity index (χ0v) is 9.99. The Balaban J connectivity index is 2.67. The molecule has 0 saturated carbocycles. The minimum absolute atomic E-state index is 0.0344. The van der Waals surface area contributed by atoms with Crippen LogP contribution in [0.4, 0.5) is 0 Å². The van der Waals surface area contributed by atoms with Gasteiger partial charge in [0.15, 0.2) is 0 Å². The van der Waals surface area contributed by atoms with E-state index in [-0.39, 0.29) is 29.2 Å². The Labute approximate surface area is 98.4 Å². The van der Waals surface area contributed by atoms with Gasteiger partial charge in [0, 0.05) is 12.1 Å². The van der Waals surface area contributed by atoms with E-state index in [2.05, 4.69) is 10.3 Å². The van der Waals surface area contributed by atoms with Crippen molar-refractivity contribution in [2.75, 3.05) is 0 Å². The van der Waals surface area contributed by atoms with E-state index in [1.807, 2.05) is 13.8 Å². The van der Waals surface area contributed by atoms with Crippen molar-refractivity contribution < 1.29 is 4.79 Å². The first-order valence-electron chi connectivity index (χ1n) is 5.04. The number of carbonyl (C=O) groups is 1. The van der Waals surface area contributed by atoms with Crippen molar-refractivity contribution in [2.24, 2.45) is 0 Å². The highest BCUT2D eigenvalue weighted by Gasteiger charge is 2.07. The predicted octanol–water partition coefficient (Wildman–Crippen LogP) is 0.811. The van der Waals surface area contributed by atoms with E-state index >= 15 is 0 Å². The van der Waals surface area contributed by atoms with Crippen LogP contribution in [0.1, 0.15) is 20.3 Å². The SMILES string of the molecule is CCC(C)NC(=O)Cn1cnc(Cl)cc1=O. The molecule has 1 unspecified atom stereocenters. The molecule has 5 nitrogen and oxygen atoms in total. The van der Waals surface area contributed by atoms with Crippen LogP contribution in [0.2, 0.25) is 5.15 Å². The Hall–Kier alpha value is -1.36. The van der Waals surface area contributed by atoms with Crippen LogP contribution in [0.15, 0.2) is 17.2 Å². The Bertz CT molecular complexity index is 430. The molecule has 0 bridgehead atoms. The lowest BCUT2D eigenvalue weighted by molar-refractivity contribution is -0.122. The van der Waals surface area contributed by atoms with Gasteiger partial charge < -0.3 is 5.32 Å². The topological polar surface area (TPSA) is 64.0 Å². The van der Waals surface area contributed by atoms with Gasteiger partial charge in [-0.05, 0) is 13.3 Å². The lowest BCUT2D eigenvalue weighted by Crippen LogP contribution is -2.37. The maximum Gasteiger partial charge on any atom is 0.255 e. The van der Waals surface area contributed by atoms with E-state index in [1.54, 1.807) is 0 Å². The molecule has 6 heteroatoms. The van der Waals surface area contributed by atoms with Gasteiger partial charge in [0.1, 0.15) is 11.7 Å². The van der Waals surface area contributed by atoms with Crippen molar-refractivity contribution in [3.05, 3.63) is 27.9 Å². The lowest BCUT2D eigenvalue weighted by atomic mass is 10.2. The molecule has 88 valence electrons. The Morgan fingerprint density at radius 1 is 1.69 bits per heavy atom. The van der Waals surface area contributed by atoms with Crippen molar-refractivity contribution in [3.8, 4) is 0 Å². The van der Waals surface area contributed by atoms with Gasteiger partial charge in [0.05, 0.1) is 6.33 Å². The minimum Gasteiger partial charge on any atom is -0.352 e. The monoisotopic (exact) mass is 243 g/mol. The summed E-state index contributed by atoms with van der Waals surface area (Å²) in [6.07, 6.45) is 2.11. The average Bonchev–Trinajstić information content (AvgIpc) is 2.22. The van der Waals surface area contributed by atoms with Crippen LogP contribution >= 0.6 is 11.6 Å². The zero-order chi connectivity index (χ0) is 12.1. The van der Waals surface area contributed by atoms with E-state index in [0.717, 1.165) is 6.42 Å². The molecule has 1 heterocycles. The number of rotatable bonds is 4. The average molecular weight is 244 g/mol. The zero-order valence-electron chi connectivity index (χ0n) is 9.24. The maximum atomic E-state index is 11.5. The van der Waals surface area contributed by atoms with Crippen molar-refractivity contribution >= 4 is 17.5 Å². The van der Waals surface area contributed by atoms with Gasteiger partial charge in [0.2, 0.25) is 5.91 Å². The highest BCUT2D eigenvalue weighted by Crippen LogP contribution is 1.96. The van der Waals surface area contributed by atoms with Crippen molar-refractivity contribution in [1.29, 1.82) is 0 Å². The molecule has 1 rings (SSSR count). The Morgan fingerprint density at radius 2 is 2.38 bits per heavy atom. The summed E-state index contributed by atoms with van der Waals surface area (Å²) >= 11 is 5.54. The summed E-state index contributed by atoms with van der Waals surface area (Å²) < 4.78 is 1.21. The number of aromatic nitrogens is 2. The van der Waals surface area contributed by atoms with Crippen LogP contribution in [-0.2, 0) is 11.3 Å². The fourth-order valence-corrected chi connectivity index (χ4v) is 1.24. The molecular formula is C10H14ClN3O2. The summed E-state index contributed by atoms with van der Waals surface area (Å²) in [5, 5.41) is 2.89. The number of halogens is 1. The molecule has 1 amide bonds. The van der Waals surface area contributed by atoms with Gasteiger partial charge in [-0.1, -0.05) is 18.5 Å². The molecule has 0 saturated heterocycles. The van der Waals surface area contributed by atoms with Crippen LogP contribution in [0.25, 0.3) is 0 Å². The van der Waals surface area contributed by atoms with Crippen molar-refractivity contribution in [1.82, 2.24) is 14.9 Å². The number of carbonyl (C=O) groups excluding carboxylic acids is 1. The van der Waals surface area contributed by atoms with Crippen LogP contribution in [0.3, 0.4) is 0 Å². The van der Waals surface area contributed by atoms with Gasteiger partial charge in [-0.2, -0.15) is 0 Å². The molecule has 1 aromatic heterocycles. The number of nitrogens with one attached hydrogen (secondary N) is 1. The van der Waals surface area contributed by atoms with E-state index in [0.29, 0.717) is 0 Å². The Kier molecular flexibility index (Phi) is 4.49. The van der Waals surface area contributed by atoms with Crippen molar-refractivity contribution in [2.45, 2.75) is 32.9 Å². The summed E-state index contributed by atoms with van der Waals surface area (Å²) in [5.41, 5.74) is -0.334. The first-order chi connectivity index (χ1) is 7.52. The van der Waals surface area contributed by atoms with Crippen LogP contribution < -0.4 is 10.9 Å². The van der Waals surface area contributed by atoms with Crippen molar-refractivity contribution in [3.63, 3.8) is 0 Å². The molecule has 0 aromatic carbocycles. The highest BCUT2D eigenvalue weighted by molar-refractivity contribution is 6.29. The molecule has 1 aromatic rings. The smallest absolute Gasteiger partial charge is 0.255 e. The standard InChI is InChI=1S/C10H14ClN3O2/c1-3-7(2)13-9(15)5-14-6-12-8(11)4-10(14)16/h4,6-7H,3,5H2,1-2H3,(H,13,15). The van der Waals surface area contributed by atoms with Gasteiger partial charge in [-0.3, -0.25) is 14.2 Å². The molecule has 0 aliphatic rings. The molecule has 1 N–H and O–H groups in total. The van der Waals surface area contributed by atoms with Gasteiger partial charge in [-0.25, -0.2) is 4.98 Å². The first kappa shape index (κ1) is 12.7. The molecule has 0 radical (unpaired) electrons. The molecule has 16 heavy (non-hydrogen) atoms. The third-order valence-electron chi connectivity index (χ3n) is 2.18. The molecular weight excluding hydrogens is 230 g/mol. The fourth-order valence-electron chi connectivity index (χ4n) is 1.10. The summed E-state index contributed by atoms with van der Waals surface area (Å²) in [6, 6.07) is 1.28. The summed E-state index contributed by atoms with van der Waals surface area (Å²) in [5.74, 6) is -0.208. The largest absolute Gasteiger partial charge is 0.352 e. The van der Waals surface area contributed by atoms with Gasteiger partial charge in [-0.15, -0.1) is 0 Å². The molecule has 0 spiro atoms. The van der Waals surface area contributed by atoms with Crippen LogP contribution in [-0.4, -0.2) is 21.5 Å². The second kappa shape index (κ2) is 5.65. The lowest BCUT2D eigenvalue weighted by Gasteiger charge is -2.11. The van der Waals surface area contributed by atoms with E-state index < -0.39 is 0 Å². The quantitative estimate of drug-likeness (QED) is 0.796. The maximum absolute atomic E-state index is 11.5. The van der Waals surface area contributed by atoms with Gasteiger partial charge >= 0.3 is 0 Å². The van der Waals surface area contributed by atoms with E-state index in [4.69, 9.17) is 11.6 Å². The number of nitrogens with zero attached hydrogens (tertiary/aromatic N) is 2. The fraction of sp³-hybridized carbons (Fsp3) is 0.500. The third kappa shape index (κ3) is 3.66. The van der Waals surface area contributed by atoms with Crippen LogP contribution in [0, 0.1) is 0 Å². The van der Waals surface area contributed by atoms with Crippen LogP contribution in [0.5, 0.6) is 0 Å². The summed E-state index contributed by atoms with van der Waals surface area (Å²) in [6.45, 7) is 3.84. The number of hydrogen-bond acceptors (Lipinski definition) is 3. The summed E-state index contributed by atoms with van der Waals surface area (Å²) in [7, 11) is 0. The molecule has 0 aliphatic carbocycles. The first-order valence-corrected chi connectivity index (χ1v) is 5.42. The molecule has 0 aliphatic heterocycles. The normalized spacial score (nSPS) is 12.2. The third-order valence-corrected chi connectivity index (χ3v) is 2.39. The van der Waals surface area contributed by atoms with E-state index in [9.17, 15) is 9.59 Å². The van der Waals surface area contributed by atoms with Gasteiger partial charge in [0.25, 0.3) is 5.56 Å². The Morgan fingerprint density at radius 3 is 2.94 bits per heavy atom. The second-order valence-electron chi connectivity index (χ2n) is 3.55. The predicted molar refractivity (Wildman–Crippen MR) is 61.4 cm³/mol. The molecule has 1 atom stereocenters. The summed E-state index contributed by atoms with van der Waals surface area (Å²) in [4.78, 5) is 26.6. The molecule has 0 fully saturated rings. The number of amides is 1. The number of hydrogen-bond donors (Lipinski definition) is 1. The second-order valence-corrected chi connectivity index (χ2v) is 3.94. The highest BCUT2D eigenvalue weighted by atomic mass is 35.5. The van der Waals surface area contributed by atoms with E-state index in [1.165, 1.54) is 17.0 Å².